The molecule has 144 valence electrons. The number of guanidine groups is 1. The van der Waals surface area contributed by atoms with Crippen LogP contribution < -0.4 is 10.6 Å². The number of rotatable bonds is 8. The molecule has 0 radical (unpaired) electrons. The Bertz CT molecular complexity index is 430. The Morgan fingerprint density at radius 3 is 2.52 bits per heavy atom. The minimum Gasteiger partial charge on any atom is -0.357 e. The monoisotopic (exact) mass is 351 g/mol. The van der Waals surface area contributed by atoms with E-state index < -0.39 is 0 Å². The summed E-state index contributed by atoms with van der Waals surface area (Å²) < 4.78 is 0. The zero-order valence-corrected chi connectivity index (χ0v) is 16.4. The Hall–Kier alpha value is -1.30. The van der Waals surface area contributed by atoms with E-state index >= 15 is 0 Å². The first kappa shape index (κ1) is 20.0. The van der Waals surface area contributed by atoms with Crippen molar-refractivity contribution in [2.24, 2.45) is 10.9 Å². The molecule has 1 aliphatic heterocycles. The van der Waals surface area contributed by atoms with Gasteiger partial charge in [-0.05, 0) is 39.3 Å². The van der Waals surface area contributed by atoms with Gasteiger partial charge < -0.3 is 20.4 Å². The van der Waals surface area contributed by atoms with Gasteiger partial charge in [-0.25, -0.2) is 0 Å². The molecular formula is C19H37N5O. The highest BCUT2D eigenvalue weighted by atomic mass is 16.2. The lowest BCUT2D eigenvalue weighted by Gasteiger charge is -2.22. The maximum Gasteiger partial charge on any atom is 0.225 e. The number of amides is 1. The van der Waals surface area contributed by atoms with Crippen molar-refractivity contribution in [2.75, 3.05) is 45.8 Å². The zero-order chi connectivity index (χ0) is 18.1. The summed E-state index contributed by atoms with van der Waals surface area (Å²) in [4.78, 5) is 21.7. The quantitative estimate of drug-likeness (QED) is 0.516. The maximum atomic E-state index is 12.6. The molecule has 0 aromatic carbocycles. The van der Waals surface area contributed by atoms with E-state index in [9.17, 15) is 4.79 Å². The fourth-order valence-electron chi connectivity index (χ4n) is 3.87. The molecule has 0 aromatic heterocycles. The van der Waals surface area contributed by atoms with Gasteiger partial charge in [-0.15, -0.1) is 0 Å². The summed E-state index contributed by atoms with van der Waals surface area (Å²) in [5.74, 6) is 1.55. The average Bonchev–Trinajstić information content (AvgIpc) is 3.30. The molecule has 6 nitrogen and oxygen atoms in total. The maximum absolute atomic E-state index is 12.6. The number of hydrogen-bond acceptors (Lipinski definition) is 3. The molecule has 2 N–H and O–H groups in total. The van der Waals surface area contributed by atoms with Crippen molar-refractivity contribution < 1.29 is 4.79 Å². The summed E-state index contributed by atoms with van der Waals surface area (Å²) in [6.07, 6.45) is 5.62. The van der Waals surface area contributed by atoms with E-state index in [-0.39, 0.29) is 5.92 Å². The predicted octanol–water partition coefficient (Wildman–Crippen LogP) is 1.67. The van der Waals surface area contributed by atoms with E-state index in [1.54, 1.807) is 0 Å². The topological polar surface area (TPSA) is 60.0 Å². The molecule has 1 unspecified atom stereocenters. The van der Waals surface area contributed by atoms with Gasteiger partial charge in [0.1, 0.15) is 0 Å². The molecule has 25 heavy (non-hydrogen) atoms. The third-order valence-electron chi connectivity index (χ3n) is 5.47. The van der Waals surface area contributed by atoms with Crippen LogP contribution in [0.2, 0.25) is 0 Å². The molecule has 1 atom stereocenters. The average molecular weight is 352 g/mol. The minimum atomic E-state index is 0.287. The third-order valence-corrected chi connectivity index (χ3v) is 5.47. The molecule has 1 amide bonds. The second kappa shape index (κ2) is 10.6. The molecule has 2 rings (SSSR count). The largest absolute Gasteiger partial charge is 0.357 e. The molecule has 0 spiro atoms. The van der Waals surface area contributed by atoms with E-state index in [2.05, 4.69) is 41.2 Å². The van der Waals surface area contributed by atoms with Gasteiger partial charge in [0, 0.05) is 38.1 Å². The lowest BCUT2D eigenvalue weighted by atomic mass is 10.1. The smallest absolute Gasteiger partial charge is 0.225 e. The van der Waals surface area contributed by atoms with Crippen LogP contribution in [0, 0.1) is 5.92 Å². The summed E-state index contributed by atoms with van der Waals surface area (Å²) in [7, 11) is 0. The SMILES string of the molecule is CCNC(=NCCN(CC)CC)NC1CCN(C(=O)C2CCCC2)C1. The van der Waals surface area contributed by atoms with Gasteiger partial charge in [0.05, 0.1) is 6.54 Å². The van der Waals surface area contributed by atoms with Crippen molar-refractivity contribution in [3.63, 3.8) is 0 Å². The van der Waals surface area contributed by atoms with Crippen molar-refractivity contribution >= 4 is 11.9 Å². The Kier molecular flexibility index (Phi) is 8.52. The van der Waals surface area contributed by atoms with Crippen LogP contribution in [0.5, 0.6) is 0 Å². The molecule has 1 saturated heterocycles. The van der Waals surface area contributed by atoms with Crippen LogP contribution in [-0.4, -0.2) is 73.5 Å². The van der Waals surface area contributed by atoms with Gasteiger partial charge in [-0.2, -0.15) is 0 Å². The highest BCUT2D eigenvalue weighted by molar-refractivity contribution is 5.81. The van der Waals surface area contributed by atoms with Crippen molar-refractivity contribution in [2.45, 2.75) is 58.9 Å². The van der Waals surface area contributed by atoms with Crippen LogP contribution in [0.4, 0.5) is 0 Å². The highest BCUT2D eigenvalue weighted by Gasteiger charge is 2.32. The van der Waals surface area contributed by atoms with E-state index in [0.29, 0.717) is 11.9 Å². The van der Waals surface area contributed by atoms with Gasteiger partial charge in [-0.3, -0.25) is 9.79 Å². The fourth-order valence-corrected chi connectivity index (χ4v) is 3.87. The normalized spacial score (nSPS) is 22.0. The Labute approximate surface area is 153 Å². The number of carbonyl (C=O) groups excluding carboxylic acids is 1. The van der Waals surface area contributed by atoms with Crippen LogP contribution >= 0.6 is 0 Å². The van der Waals surface area contributed by atoms with Crippen molar-refractivity contribution in [3.05, 3.63) is 0 Å². The van der Waals surface area contributed by atoms with Crippen LogP contribution in [0.3, 0.4) is 0 Å². The van der Waals surface area contributed by atoms with E-state index in [4.69, 9.17) is 4.99 Å². The second-order valence-electron chi connectivity index (χ2n) is 7.18. The van der Waals surface area contributed by atoms with Crippen molar-refractivity contribution in [1.82, 2.24) is 20.4 Å². The molecule has 2 aliphatic rings. The zero-order valence-electron chi connectivity index (χ0n) is 16.4. The number of aliphatic imine (C=N–C) groups is 1. The molecule has 1 saturated carbocycles. The number of nitrogens with one attached hydrogen (secondary N) is 2. The molecule has 6 heteroatoms. The number of likely N-dealkylation sites (N-methyl/N-ethyl adjacent to an activating group) is 1. The van der Waals surface area contributed by atoms with E-state index in [1.165, 1.54) is 12.8 Å². The van der Waals surface area contributed by atoms with E-state index in [1.807, 2.05) is 0 Å². The predicted molar refractivity (Wildman–Crippen MR) is 104 cm³/mol. The Balaban J connectivity index is 1.80. The fraction of sp³-hybridized carbons (Fsp3) is 0.895. The van der Waals surface area contributed by atoms with Crippen LogP contribution in [0.1, 0.15) is 52.9 Å². The van der Waals surface area contributed by atoms with Crippen LogP contribution in [-0.2, 0) is 4.79 Å². The van der Waals surface area contributed by atoms with Gasteiger partial charge in [0.25, 0.3) is 0 Å². The summed E-state index contributed by atoms with van der Waals surface area (Å²) in [5, 5.41) is 6.86. The number of likely N-dealkylation sites (tertiary alicyclic amines) is 1. The lowest BCUT2D eigenvalue weighted by Crippen LogP contribution is -2.45. The summed E-state index contributed by atoms with van der Waals surface area (Å²) in [6.45, 7) is 12.9. The van der Waals surface area contributed by atoms with Gasteiger partial charge in [0.15, 0.2) is 5.96 Å². The standard InChI is InChI=1S/C19H37N5O/c1-4-20-19(21-12-14-23(5-2)6-3)22-17-11-13-24(15-17)18(25)16-9-7-8-10-16/h16-17H,4-15H2,1-3H3,(H2,20,21,22). The van der Waals surface area contributed by atoms with Gasteiger partial charge >= 0.3 is 0 Å². The van der Waals surface area contributed by atoms with Gasteiger partial charge in [0.2, 0.25) is 5.91 Å². The minimum absolute atomic E-state index is 0.287. The second-order valence-corrected chi connectivity index (χ2v) is 7.18. The molecule has 2 fully saturated rings. The van der Waals surface area contributed by atoms with E-state index in [0.717, 1.165) is 71.0 Å². The number of nitrogens with zero attached hydrogens (tertiary/aromatic N) is 3. The number of carbonyl (C=O) groups is 1. The Morgan fingerprint density at radius 1 is 1.16 bits per heavy atom. The molecule has 0 bridgehead atoms. The van der Waals surface area contributed by atoms with Crippen molar-refractivity contribution in [3.8, 4) is 0 Å². The highest BCUT2D eigenvalue weighted by Crippen LogP contribution is 2.27. The summed E-state index contributed by atoms with van der Waals surface area (Å²) in [5.41, 5.74) is 0. The first-order valence-electron chi connectivity index (χ1n) is 10.2. The summed E-state index contributed by atoms with van der Waals surface area (Å²) >= 11 is 0. The third kappa shape index (κ3) is 6.17. The first-order valence-corrected chi connectivity index (χ1v) is 10.2. The molecule has 1 aliphatic carbocycles. The van der Waals surface area contributed by atoms with Crippen LogP contribution in [0.15, 0.2) is 4.99 Å². The first-order chi connectivity index (χ1) is 12.2. The summed E-state index contributed by atoms with van der Waals surface area (Å²) in [6, 6.07) is 0.316. The molecule has 1 heterocycles. The van der Waals surface area contributed by atoms with Crippen molar-refractivity contribution in [1.29, 1.82) is 0 Å². The number of hydrogen-bond donors (Lipinski definition) is 2. The lowest BCUT2D eigenvalue weighted by molar-refractivity contribution is -0.134. The van der Waals surface area contributed by atoms with Crippen LogP contribution in [0.25, 0.3) is 0 Å². The molecular weight excluding hydrogens is 314 g/mol. The Morgan fingerprint density at radius 2 is 1.88 bits per heavy atom. The van der Waals surface area contributed by atoms with Gasteiger partial charge in [-0.1, -0.05) is 26.7 Å². The molecule has 0 aromatic rings.